The summed E-state index contributed by atoms with van der Waals surface area (Å²) in [6.07, 6.45) is 5.38. The fraction of sp³-hybridized carbons (Fsp3) is 0.467. The highest BCUT2D eigenvalue weighted by atomic mass is 35.5. The van der Waals surface area contributed by atoms with Gasteiger partial charge < -0.3 is 9.73 Å². The second-order valence-electron chi connectivity index (χ2n) is 5.12. The van der Waals surface area contributed by atoms with E-state index in [2.05, 4.69) is 22.8 Å². The first-order chi connectivity index (χ1) is 9.33. The molecule has 2 aromatic rings. The van der Waals surface area contributed by atoms with Gasteiger partial charge in [-0.2, -0.15) is 0 Å². The molecule has 4 heteroatoms. The summed E-state index contributed by atoms with van der Waals surface area (Å²) in [6.45, 7) is 0.742. The SMILES string of the molecule is Clc1ccc(CNC(c2cccs2)C2CCCC2)o1. The van der Waals surface area contributed by atoms with Crippen molar-refractivity contribution < 1.29 is 4.42 Å². The Bertz CT molecular complexity index is 502. The molecule has 1 saturated carbocycles. The average Bonchev–Trinajstić information content (AvgIpc) is 3.11. The normalized spacial score (nSPS) is 17.9. The molecule has 2 heterocycles. The van der Waals surface area contributed by atoms with Crippen LogP contribution in [0.4, 0.5) is 0 Å². The van der Waals surface area contributed by atoms with Crippen LogP contribution in [0.3, 0.4) is 0 Å². The lowest BCUT2D eigenvalue weighted by molar-refractivity contribution is 0.354. The molecule has 1 atom stereocenters. The largest absolute Gasteiger partial charge is 0.448 e. The van der Waals surface area contributed by atoms with Gasteiger partial charge >= 0.3 is 0 Å². The minimum Gasteiger partial charge on any atom is -0.448 e. The summed E-state index contributed by atoms with van der Waals surface area (Å²) in [5.41, 5.74) is 0. The molecule has 0 saturated heterocycles. The van der Waals surface area contributed by atoms with Crippen LogP contribution in [0.2, 0.25) is 5.22 Å². The highest BCUT2D eigenvalue weighted by molar-refractivity contribution is 7.10. The molecule has 0 spiro atoms. The standard InChI is InChI=1S/C15H18ClNOS/c16-14-8-7-12(18-14)10-17-15(11-4-1-2-5-11)13-6-3-9-19-13/h3,6-9,11,15,17H,1-2,4-5,10H2. The van der Waals surface area contributed by atoms with Gasteiger partial charge in [-0.25, -0.2) is 0 Å². The maximum absolute atomic E-state index is 5.81. The molecule has 3 rings (SSSR count). The van der Waals surface area contributed by atoms with Crippen molar-refractivity contribution in [3.05, 3.63) is 45.5 Å². The lowest BCUT2D eigenvalue weighted by atomic mass is 9.96. The first-order valence-electron chi connectivity index (χ1n) is 6.84. The Hall–Kier alpha value is -0.770. The number of halogens is 1. The third-order valence-corrected chi connectivity index (χ3v) is 5.00. The van der Waals surface area contributed by atoms with Crippen LogP contribution < -0.4 is 5.32 Å². The van der Waals surface area contributed by atoms with E-state index in [0.29, 0.717) is 11.3 Å². The predicted molar refractivity (Wildman–Crippen MR) is 79.6 cm³/mol. The van der Waals surface area contributed by atoms with E-state index < -0.39 is 0 Å². The predicted octanol–water partition coefficient (Wildman–Crippen LogP) is 5.02. The molecule has 1 aliphatic carbocycles. The Balaban J connectivity index is 1.68. The molecule has 1 unspecified atom stereocenters. The van der Waals surface area contributed by atoms with E-state index in [9.17, 15) is 0 Å². The third-order valence-electron chi connectivity index (χ3n) is 3.85. The minimum absolute atomic E-state index is 0.450. The fourth-order valence-corrected chi connectivity index (χ4v) is 3.97. The van der Waals surface area contributed by atoms with Crippen LogP contribution in [0.15, 0.2) is 34.1 Å². The molecule has 2 nitrogen and oxygen atoms in total. The van der Waals surface area contributed by atoms with E-state index in [0.717, 1.165) is 18.2 Å². The van der Waals surface area contributed by atoms with E-state index in [1.165, 1.54) is 30.6 Å². The maximum Gasteiger partial charge on any atom is 0.193 e. The molecular formula is C15H18ClNOS. The fourth-order valence-electron chi connectivity index (χ4n) is 2.92. The van der Waals surface area contributed by atoms with Crippen molar-refractivity contribution in [1.82, 2.24) is 5.32 Å². The summed E-state index contributed by atoms with van der Waals surface area (Å²) in [6, 6.07) is 8.55. The second-order valence-corrected chi connectivity index (χ2v) is 6.48. The number of rotatable bonds is 5. The summed E-state index contributed by atoms with van der Waals surface area (Å²) in [5, 5.41) is 6.27. The molecule has 1 aliphatic rings. The lowest BCUT2D eigenvalue weighted by Gasteiger charge is -2.23. The van der Waals surface area contributed by atoms with Crippen LogP contribution in [0.25, 0.3) is 0 Å². The lowest BCUT2D eigenvalue weighted by Crippen LogP contribution is -2.25. The summed E-state index contributed by atoms with van der Waals surface area (Å²) >= 11 is 7.65. The Morgan fingerprint density at radius 3 is 2.79 bits per heavy atom. The molecule has 1 fully saturated rings. The zero-order chi connectivity index (χ0) is 13.1. The molecule has 1 N–H and O–H groups in total. The number of hydrogen-bond donors (Lipinski definition) is 1. The molecule has 102 valence electrons. The zero-order valence-corrected chi connectivity index (χ0v) is 12.3. The molecule has 19 heavy (non-hydrogen) atoms. The third kappa shape index (κ3) is 3.22. The monoisotopic (exact) mass is 295 g/mol. The van der Waals surface area contributed by atoms with Gasteiger partial charge in [0.2, 0.25) is 0 Å². The van der Waals surface area contributed by atoms with E-state index in [4.69, 9.17) is 16.0 Å². The Morgan fingerprint density at radius 1 is 1.32 bits per heavy atom. The molecule has 0 aliphatic heterocycles. The highest BCUT2D eigenvalue weighted by Gasteiger charge is 2.26. The first-order valence-corrected chi connectivity index (χ1v) is 8.09. The smallest absolute Gasteiger partial charge is 0.193 e. The molecular weight excluding hydrogens is 278 g/mol. The van der Waals surface area contributed by atoms with Crippen molar-refractivity contribution in [3.63, 3.8) is 0 Å². The molecule has 0 radical (unpaired) electrons. The minimum atomic E-state index is 0.450. The Morgan fingerprint density at radius 2 is 2.16 bits per heavy atom. The van der Waals surface area contributed by atoms with Gasteiger partial charge in [0, 0.05) is 10.9 Å². The van der Waals surface area contributed by atoms with E-state index in [-0.39, 0.29) is 0 Å². The maximum atomic E-state index is 5.81. The van der Waals surface area contributed by atoms with Crippen LogP contribution in [0.1, 0.15) is 42.4 Å². The van der Waals surface area contributed by atoms with E-state index >= 15 is 0 Å². The van der Waals surface area contributed by atoms with Crippen molar-refractivity contribution in [2.45, 2.75) is 38.3 Å². The number of nitrogens with one attached hydrogen (secondary N) is 1. The van der Waals surface area contributed by atoms with Gasteiger partial charge in [-0.3, -0.25) is 0 Å². The van der Waals surface area contributed by atoms with Gasteiger partial charge in [0.1, 0.15) is 5.76 Å². The van der Waals surface area contributed by atoms with Crippen molar-refractivity contribution in [1.29, 1.82) is 0 Å². The second kappa shape index (κ2) is 6.12. The molecule has 0 bridgehead atoms. The average molecular weight is 296 g/mol. The Labute approximate surface area is 122 Å². The summed E-state index contributed by atoms with van der Waals surface area (Å²) in [7, 11) is 0. The number of hydrogen-bond acceptors (Lipinski definition) is 3. The quantitative estimate of drug-likeness (QED) is 0.838. The van der Waals surface area contributed by atoms with Gasteiger partial charge in [0.05, 0.1) is 6.54 Å². The van der Waals surface area contributed by atoms with E-state index in [1.54, 1.807) is 6.07 Å². The van der Waals surface area contributed by atoms with Gasteiger partial charge in [-0.1, -0.05) is 18.9 Å². The van der Waals surface area contributed by atoms with Gasteiger partial charge in [-0.05, 0) is 53.9 Å². The van der Waals surface area contributed by atoms with Crippen molar-refractivity contribution in [2.75, 3.05) is 0 Å². The van der Waals surface area contributed by atoms with Crippen LogP contribution in [-0.2, 0) is 6.54 Å². The van der Waals surface area contributed by atoms with Crippen LogP contribution in [-0.4, -0.2) is 0 Å². The molecule has 2 aromatic heterocycles. The topological polar surface area (TPSA) is 25.2 Å². The molecule has 0 aromatic carbocycles. The summed E-state index contributed by atoms with van der Waals surface area (Å²) in [4.78, 5) is 1.43. The van der Waals surface area contributed by atoms with Crippen LogP contribution in [0, 0.1) is 5.92 Å². The molecule has 0 amide bonds. The van der Waals surface area contributed by atoms with Gasteiger partial charge in [0.15, 0.2) is 5.22 Å². The summed E-state index contributed by atoms with van der Waals surface area (Å²) in [5.74, 6) is 1.66. The zero-order valence-electron chi connectivity index (χ0n) is 10.8. The number of furan rings is 1. The van der Waals surface area contributed by atoms with Crippen molar-refractivity contribution >= 4 is 22.9 Å². The number of thiophene rings is 1. The van der Waals surface area contributed by atoms with Crippen LogP contribution >= 0.6 is 22.9 Å². The van der Waals surface area contributed by atoms with Gasteiger partial charge in [-0.15, -0.1) is 11.3 Å². The Kier molecular flexibility index (Phi) is 4.26. The van der Waals surface area contributed by atoms with Crippen LogP contribution in [0.5, 0.6) is 0 Å². The first kappa shape index (κ1) is 13.2. The highest BCUT2D eigenvalue weighted by Crippen LogP contribution is 2.37. The van der Waals surface area contributed by atoms with E-state index in [1.807, 2.05) is 17.4 Å². The summed E-state index contributed by atoms with van der Waals surface area (Å²) < 4.78 is 5.42. The van der Waals surface area contributed by atoms with Crippen molar-refractivity contribution in [2.24, 2.45) is 5.92 Å². The van der Waals surface area contributed by atoms with Gasteiger partial charge in [0.25, 0.3) is 0 Å². The van der Waals surface area contributed by atoms with Crippen molar-refractivity contribution in [3.8, 4) is 0 Å².